The van der Waals surface area contributed by atoms with E-state index < -0.39 is 11.7 Å². The number of amides is 1. The van der Waals surface area contributed by atoms with Crippen molar-refractivity contribution in [2.45, 2.75) is 6.54 Å². The van der Waals surface area contributed by atoms with Gasteiger partial charge in [0.15, 0.2) is 0 Å². The average molecular weight is 349 g/mol. The lowest BCUT2D eigenvalue weighted by molar-refractivity contribution is 0.0947. The molecular formula is C12H8BrClFNOS. The Hall–Kier alpha value is -0.910. The SMILES string of the molecule is O=C(NCc1cc(Br)cs1)c1c(F)cccc1Cl. The first-order valence-corrected chi connectivity index (χ1v) is 7.08. The first kappa shape index (κ1) is 13.5. The Kier molecular flexibility index (Phi) is 4.37. The van der Waals surface area contributed by atoms with Crippen LogP contribution in [0, 0.1) is 5.82 Å². The summed E-state index contributed by atoms with van der Waals surface area (Å²) in [5.74, 6) is -1.13. The molecule has 2 aromatic rings. The van der Waals surface area contributed by atoms with Gasteiger partial charge in [-0.15, -0.1) is 11.3 Å². The topological polar surface area (TPSA) is 29.1 Å². The van der Waals surface area contributed by atoms with Gasteiger partial charge in [-0.05, 0) is 34.1 Å². The second kappa shape index (κ2) is 5.82. The lowest BCUT2D eigenvalue weighted by atomic mass is 10.2. The number of carbonyl (C=O) groups is 1. The summed E-state index contributed by atoms with van der Waals surface area (Å²) < 4.78 is 14.4. The molecule has 0 radical (unpaired) electrons. The molecule has 1 amide bonds. The summed E-state index contributed by atoms with van der Waals surface area (Å²) >= 11 is 10.6. The van der Waals surface area contributed by atoms with Crippen molar-refractivity contribution >= 4 is 44.8 Å². The summed E-state index contributed by atoms with van der Waals surface area (Å²) in [5, 5.41) is 4.66. The Balaban J connectivity index is 2.08. The molecule has 2 rings (SSSR count). The quantitative estimate of drug-likeness (QED) is 0.883. The van der Waals surface area contributed by atoms with Crippen molar-refractivity contribution in [2.75, 3.05) is 0 Å². The van der Waals surface area contributed by atoms with Crippen LogP contribution in [0.25, 0.3) is 0 Å². The van der Waals surface area contributed by atoms with E-state index in [9.17, 15) is 9.18 Å². The maximum absolute atomic E-state index is 13.5. The highest BCUT2D eigenvalue weighted by atomic mass is 79.9. The minimum atomic E-state index is -0.618. The van der Waals surface area contributed by atoms with E-state index in [2.05, 4.69) is 21.2 Å². The van der Waals surface area contributed by atoms with E-state index in [-0.39, 0.29) is 10.6 Å². The molecule has 0 saturated carbocycles. The van der Waals surface area contributed by atoms with Crippen LogP contribution >= 0.6 is 38.9 Å². The fourth-order valence-corrected chi connectivity index (χ4v) is 3.06. The summed E-state index contributed by atoms with van der Waals surface area (Å²) in [4.78, 5) is 12.8. The highest BCUT2D eigenvalue weighted by molar-refractivity contribution is 9.10. The number of nitrogens with one attached hydrogen (secondary N) is 1. The van der Waals surface area contributed by atoms with E-state index in [4.69, 9.17) is 11.6 Å². The van der Waals surface area contributed by atoms with E-state index >= 15 is 0 Å². The maximum Gasteiger partial charge on any atom is 0.256 e. The third-order valence-electron chi connectivity index (χ3n) is 2.23. The van der Waals surface area contributed by atoms with Crippen molar-refractivity contribution < 1.29 is 9.18 Å². The van der Waals surface area contributed by atoms with E-state index in [1.165, 1.54) is 29.5 Å². The molecule has 0 bridgehead atoms. The van der Waals surface area contributed by atoms with Gasteiger partial charge in [0.05, 0.1) is 17.1 Å². The van der Waals surface area contributed by atoms with E-state index in [0.29, 0.717) is 6.54 Å². The lowest BCUT2D eigenvalue weighted by Crippen LogP contribution is -2.23. The van der Waals surface area contributed by atoms with Crippen LogP contribution in [0.4, 0.5) is 4.39 Å². The highest BCUT2D eigenvalue weighted by Gasteiger charge is 2.15. The number of rotatable bonds is 3. The molecule has 0 unspecified atom stereocenters. The minimum absolute atomic E-state index is 0.111. The molecule has 1 N–H and O–H groups in total. The average Bonchev–Trinajstić information content (AvgIpc) is 2.72. The highest BCUT2D eigenvalue weighted by Crippen LogP contribution is 2.21. The second-order valence-corrected chi connectivity index (χ2v) is 5.83. The number of benzene rings is 1. The van der Waals surface area contributed by atoms with Crippen molar-refractivity contribution in [1.29, 1.82) is 0 Å². The van der Waals surface area contributed by atoms with Gasteiger partial charge in [-0.25, -0.2) is 4.39 Å². The molecule has 1 heterocycles. The second-order valence-electron chi connectivity index (χ2n) is 3.51. The summed E-state index contributed by atoms with van der Waals surface area (Å²) in [6.07, 6.45) is 0. The standard InChI is InChI=1S/C12H8BrClFNOS/c13-7-4-8(18-6-7)5-16-12(17)11-9(14)2-1-3-10(11)15/h1-4,6H,5H2,(H,16,17). The van der Waals surface area contributed by atoms with Crippen LogP contribution in [0.15, 0.2) is 34.1 Å². The monoisotopic (exact) mass is 347 g/mol. The summed E-state index contributed by atoms with van der Waals surface area (Å²) in [7, 11) is 0. The smallest absolute Gasteiger partial charge is 0.256 e. The molecule has 0 fully saturated rings. The third kappa shape index (κ3) is 3.10. The normalized spacial score (nSPS) is 10.4. The molecule has 1 aromatic carbocycles. The molecule has 1 aromatic heterocycles. The zero-order valence-corrected chi connectivity index (χ0v) is 12.2. The molecule has 2 nitrogen and oxygen atoms in total. The van der Waals surface area contributed by atoms with Crippen LogP contribution in [0.5, 0.6) is 0 Å². The molecule has 18 heavy (non-hydrogen) atoms. The fraction of sp³-hybridized carbons (Fsp3) is 0.0833. The van der Waals surface area contributed by atoms with Gasteiger partial charge in [0.2, 0.25) is 0 Å². The molecule has 0 aliphatic carbocycles. The Labute approximate surface area is 121 Å². The molecule has 0 spiro atoms. The number of hydrogen-bond donors (Lipinski definition) is 1. The van der Waals surface area contributed by atoms with Gasteiger partial charge >= 0.3 is 0 Å². The van der Waals surface area contributed by atoms with E-state index in [1.54, 1.807) is 0 Å². The van der Waals surface area contributed by atoms with Crippen molar-refractivity contribution in [3.05, 3.63) is 55.4 Å². The Morgan fingerprint density at radius 1 is 1.50 bits per heavy atom. The largest absolute Gasteiger partial charge is 0.347 e. The zero-order valence-electron chi connectivity index (χ0n) is 9.04. The van der Waals surface area contributed by atoms with Gasteiger partial charge in [0.25, 0.3) is 5.91 Å². The molecule has 0 saturated heterocycles. The lowest BCUT2D eigenvalue weighted by Gasteiger charge is -2.06. The van der Waals surface area contributed by atoms with Gasteiger partial charge in [0, 0.05) is 14.7 Å². The predicted octanol–water partition coefficient (Wildman–Crippen LogP) is 4.23. The predicted molar refractivity (Wildman–Crippen MR) is 74.6 cm³/mol. The van der Waals surface area contributed by atoms with Crippen LogP contribution in [0.1, 0.15) is 15.2 Å². The molecule has 0 atom stereocenters. The maximum atomic E-state index is 13.5. The Morgan fingerprint density at radius 3 is 2.89 bits per heavy atom. The fourth-order valence-electron chi connectivity index (χ4n) is 1.42. The number of thiophene rings is 1. The van der Waals surface area contributed by atoms with Crippen LogP contribution in [0.3, 0.4) is 0 Å². The van der Waals surface area contributed by atoms with Crippen LogP contribution < -0.4 is 5.32 Å². The van der Waals surface area contributed by atoms with E-state index in [0.717, 1.165) is 9.35 Å². The van der Waals surface area contributed by atoms with Crippen LogP contribution in [-0.4, -0.2) is 5.91 Å². The van der Waals surface area contributed by atoms with E-state index in [1.807, 2.05) is 11.4 Å². The summed E-state index contributed by atoms with van der Waals surface area (Å²) in [6.45, 7) is 0.347. The van der Waals surface area contributed by atoms with Crippen molar-refractivity contribution in [1.82, 2.24) is 5.32 Å². The molecule has 94 valence electrons. The number of carbonyl (C=O) groups excluding carboxylic acids is 1. The Morgan fingerprint density at radius 2 is 2.28 bits per heavy atom. The first-order valence-electron chi connectivity index (χ1n) is 5.03. The van der Waals surface area contributed by atoms with Gasteiger partial charge in [-0.3, -0.25) is 4.79 Å². The third-order valence-corrected chi connectivity index (χ3v) is 4.25. The number of hydrogen-bond acceptors (Lipinski definition) is 2. The molecule has 6 heteroatoms. The minimum Gasteiger partial charge on any atom is -0.347 e. The van der Waals surface area contributed by atoms with Gasteiger partial charge in [0.1, 0.15) is 5.82 Å². The van der Waals surface area contributed by atoms with Crippen molar-refractivity contribution in [2.24, 2.45) is 0 Å². The Bertz CT molecular complexity index is 567. The number of halogens is 3. The molecule has 0 aliphatic heterocycles. The van der Waals surface area contributed by atoms with Gasteiger partial charge in [-0.1, -0.05) is 17.7 Å². The molecular weight excluding hydrogens is 341 g/mol. The van der Waals surface area contributed by atoms with Gasteiger partial charge in [-0.2, -0.15) is 0 Å². The molecule has 0 aliphatic rings. The summed E-state index contributed by atoms with van der Waals surface area (Å²) in [5.41, 5.74) is -0.116. The first-order chi connectivity index (χ1) is 8.58. The van der Waals surface area contributed by atoms with Crippen LogP contribution in [0.2, 0.25) is 5.02 Å². The van der Waals surface area contributed by atoms with Crippen molar-refractivity contribution in [3.63, 3.8) is 0 Å². The van der Waals surface area contributed by atoms with Crippen molar-refractivity contribution in [3.8, 4) is 0 Å². The van der Waals surface area contributed by atoms with Crippen LogP contribution in [-0.2, 0) is 6.54 Å². The summed E-state index contributed by atoms with van der Waals surface area (Å²) in [6, 6.07) is 6.06. The zero-order chi connectivity index (χ0) is 13.1. The van der Waals surface area contributed by atoms with Gasteiger partial charge < -0.3 is 5.32 Å².